The zero-order valence-electron chi connectivity index (χ0n) is 19.1. The molecule has 0 spiro atoms. The third-order valence-electron chi connectivity index (χ3n) is 4.50. The Bertz CT molecular complexity index is 1020. The van der Waals surface area contributed by atoms with Crippen LogP contribution in [0.15, 0.2) is 52.1 Å². The van der Waals surface area contributed by atoms with Crippen LogP contribution >= 0.6 is 15.9 Å². The maximum absolute atomic E-state index is 13.7. The highest BCUT2D eigenvalue weighted by atomic mass is 79.9. The fourth-order valence-corrected chi connectivity index (χ4v) is 5.02. The number of hydroxylamine groups is 1. The van der Waals surface area contributed by atoms with Crippen molar-refractivity contribution in [3.05, 3.63) is 52.8 Å². The number of pyridine rings is 1. The van der Waals surface area contributed by atoms with Gasteiger partial charge >= 0.3 is 0 Å². The monoisotopic (exact) mass is 527 g/mol. The van der Waals surface area contributed by atoms with Crippen LogP contribution in [0, 0.1) is 5.92 Å². The summed E-state index contributed by atoms with van der Waals surface area (Å²) in [5, 5.41) is 0. The lowest BCUT2D eigenvalue weighted by atomic mass is 10.0. The molecule has 1 N–H and O–H groups in total. The number of nitrogens with zero attached hydrogens (tertiary/aromatic N) is 2. The molecule has 0 aliphatic rings. The molecule has 0 aliphatic heterocycles. The molecular formula is C22H30BrN3O5S. The van der Waals surface area contributed by atoms with E-state index in [2.05, 4.69) is 26.4 Å². The Hall–Kier alpha value is -2.01. The van der Waals surface area contributed by atoms with Gasteiger partial charge in [-0.2, -0.15) is 4.31 Å². The minimum Gasteiger partial charge on any atom is -0.497 e. The predicted molar refractivity (Wildman–Crippen MR) is 125 cm³/mol. The first-order chi connectivity index (χ1) is 14.9. The number of aromatic nitrogens is 1. The van der Waals surface area contributed by atoms with Gasteiger partial charge in [0.25, 0.3) is 5.91 Å². The number of amides is 1. The van der Waals surface area contributed by atoms with Crippen LogP contribution in [0.5, 0.6) is 5.75 Å². The Morgan fingerprint density at radius 1 is 1.19 bits per heavy atom. The molecule has 8 nitrogen and oxygen atoms in total. The van der Waals surface area contributed by atoms with Gasteiger partial charge in [-0.3, -0.25) is 9.63 Å². The van der Waals surface area contributed by atoms with Gasteiger partial charge in [-0.25, -0.2) is 18.9 Å². The molecular weight excluding hydrogens is 498 g/mol. The second-order valence-corrected chi connectivity index (χ2v) is 11.2. The van der Waals surface area contributed by atoms with Crippen molar-refractivity contribution < 1.29 is 22.8 Å². The van der Waals surface area contributed by atoms with E-state index in [0.717, 1.165) is 0 Å². The topological polar surface area (TPSA) is 97.8 Å². The largest absolute Gasteiger partial charge is 0.497 e. The van der Waals surface area contributed by atoms with Gasteiger partial charge in [-0.1, -0.05) is 19.9 Å². The van der Waals surface area contributed by atoms with Crippen LogP contribution in [0.25, 0.3) is 0 Å². The van der Waals surface area contributed by atoms with Gasteiger partial charge in [-0.05, 0) is 73.0 Å². The predicted octanol–water partition coefficient (Wildman–Crippen LogP) is 3.91. The Morgan fingerprint density at radius 2 is 1.81 bits per heavy atom. The Labute approximate surface area is 198 Å². The first-order valence-electron chi connectivity index (χ1n) is 10.1. The third-order valence-corrected chi connectivity index (χ3v) is 7.05. The van der Waals surface area contributed by atoms with Gasteiger partial charge in [0.1, 0.15) is 16.4 Å². The highest BCUT2D eigenvalue weighted by Crippen LogP contribution is 2.28. The molecule has 1 aromatic carbocycles. The molecule has 0 radical (unpaired) electrons. The van der Waals surface area contributed by atoms with Crippen LogP contribution < -0.4 is 10.2 Å². The standard InChI is InChI=1S/C22H30BrN3O5S/c1-15(2)19(21(27)25-31-22(3,4)5)26(14-16-8-7-13-24-20(16)23)32(28,29)18-11-9-17(30-6)10-12-18/h7-13,15,19H,14H2,1-6H3,(H,25,27)/t19-/m1/s1. The number of carbonyl (C=O) groups excluding carboxylic acids is 1. The average molecular weight is 528 g/mol. The van der Waals surface area contributed by atoms with Crippen molar-refractivity contribution in [2.24, 2.45) is 5.92 Å². The summed E-state index contributed by atoms with van der Waals surface area (Å²) in [5.74, 6) is -0.365. The molecule has 176 valence electrons. The van der Waals surface area contributed by atoms with E-state index >= 15 is 0 Å². The smallest absolute Gasteiger partial charge is 0.262 e. The summed E-state index contributed by atoms with van der Waals surface area (Å²) >= 11 is 3.37. The normalized spacial score (nSPS) is 13.3. The fraction of sp³-hybridized carbons (Fsp3) is 0.455. The summed E-state index contributed by atoms with van der Waals surface area (Å²) in [6.45, 7) is 8.88. The van der Waals surface area contributed by atoms with Crippen molar-refractivity contribution in [3.63, 3.8) is 0 Å². The molecule has 1 aromatic heterocycles. The maximum Gasteiger partial charge on any atom is 0.262 e. The number of benzene rings is 1. The van der Waals surface area contributed by atoms with E-state index in [-0.39, 0.29) is 17.4 Å². The molecule has 32 heavy (non-hydrogen) atoms. The molecule has 0 saturated heterocycles. The molecule has 10 heteroatoms. The van der Waals surface area contributed by atoms with Crippen LogP contribution in [-0.2, 0) is 26.2 Å². The summed E-state index contributed by atoms with van der Waals surface area (Å²) in [6.07, 6.45) is 1.60. The van der Waals surface area contributed by atoms with Gasteiger partial charge in [0, 0.05) is 18.3 Å². The maximum atomic E-state index is 13.7. The number of hydrogen-bond acceptors (Lipinski definition) is 6. The summed E-state index contributed by atoms with van der Waals surface area (Å²) < 4.78 is 34.3. The van der Waals surface area contributed by atoms with E-state index in [9.17, 15) is 13.2 Å². The summed E-state index contributed by atoms with van der Waals surface area (Å²) in [4.78, 5) is 22.8. The SMILES string of the molecule is COc1ccc(S(=O)(=O)N(Cc2cccnc2Br)[C@@H](C(=O)NOC(C)(C)C)C(C)C)cc1. The molecule has 2 rings (SSSR count). The quantitative estimate of drug-likeness (QED) is 0.392. The number of ether oxygens (including phenoxy) is 1. The van der Waals surface area contributed by atoms with Crippen LogP contribution in [0.3, 0.4) is 0 Å². The molecule has 0 fully saturated rings. The number of halogens is 1. The minimum absolute atomic E-state index is 0.0495. The molecule has 0 bridgehead atoms. The molecule has 0 saturated carbocycles. The lowest BCUT2D eigenvalue weighted by Gasteiger charge is -2.33. The van der Waals surface area contributed by atoms with Gasteiger partial charge in [0.05, 0.1) is 17.6 Å². The summed E-state index contributed by atoms with van der Waals surface area (Å²) in [5.41, 5.74) is 2.42. The van der Waals surface area contributed by atoms with Crippen molar-refractivity contribution in [2.45, 2.75) is 57.7 Å². The van der Waals surface area contributed by atoms with Crippen LogP contribution in [-0.4, -0.2) is 42.4 Å². The molecule has 1 amide bonds. The van der Waals surface area contributed by atoms with E-state index < -0.39 is 27.6 Å². The Morgan fingerprint density at radius 3 is 2.31 bits per heavy atom. The number of hydrogen-bond donors (Lipinski definition) is 1. The third kappa shape index (κ3) is 6.74. The lowest BCUT2D eigenvalue weighted by Crippen LogP contribution is -2.52. The number of methoxy groups -OCH3 is 1. The van der Waals surface area contributed by atoms with E-state index in [4.69, 9.17) is 9.57 Å². The highest BCUT2D eigenvalue weighted by molar-refractivity contribution is 9.10. The molecule has 1 heterocycles. The Kier molecular flexibility index (Phi) is 8.81. The van der Waals surface area contributed by atoms with E-state index in [1.807, 2.05) is 0 Å². The Balaban J connectivity index is 2.54. The molecule has 0 aliphatic carbocycles. The fourth-order valence-electron chi connectivity index (χ4n) is 2.95. The second kappa shape index (κ2) is 10.7. The van der Waals surface area contributed by atoms with Crippen molar-refractivity contribution in [2.75, 3.05) is 7.11 Å². The van der Waals surface area contributed by atoms with E-state index in [1.165, 1.54) is 23.5 Å². The summed E-state index contributed by atoms with van der Waals surface area (Å²) in [6, 6.07) is 8.49. The minimum atomic E-state index is -4.07. The van der Waals surface area contributed by atoms with Gasteiger partial charge in [0.15, 0.2) is 0 Å². The van der Waals surface area contributed by atoms with Gasteiger partial charge < -0.3 is 4.74 Å². The number of carbonyl (C=O) groups is 1. The van der Waals surface area contributed by atoms with Crippen LogP contribution in [0.4, 0.5) is 0 Å². The lowest BCUT2D eigenvalue weighted by molar-refractivity contribution is -0.151. The average Bonchev–Trinajstić information content (AvgIpc) is 2.72. The molecule has 0 unspecified atom stereocenters. The van der Waals surface area contributed by atoms with Crippen molar-refractivity contribution in [1.82, 2.24) is 14.8 Å². The zero-order valence-corrected chi connectivity index (χ0v) is 21.5. The highest BCUT2D eigenvalue weighted by Gasteiger charge is 2.39. The van der Waals surface area contributed by atoms with Crippen LogP contribution in [0.1, 0.15) is 40.2 Å². The van der Waals surface area contributed by atoms with Gasteiger partial charge in [-0.15, -0.1) is 0 Å². The zero-order chi connectivity index (χ0) is 24.1. The molecule has 2 aromatic rings. The number of rotatable bonds is 9. The molecule has 1 atom stereocenters. The van der Waals surface area contributed by atoms with Crippen molar-refractivity contribution in [1.29, 1.82) is 0 Å². The van der Waals surface area contributed by atoms with E-state index in [0.29, 0.717) is 15.9 Å². The van der Waals surface area contributed by atoms with Crippen molar-refractivity contribution >= 4 is 31.9 Å². The first kappa shape index (κ1) is 26.2. The van der Waals surface area contributed by atoms with Gasteiger partial charge in [0.2, 0.25) is 10.0 Å². The number of nitrogens with one attached hydrogen (secondary N) is 1. The van der Waals surface area contributed by atoms with Crippen molar-refractivity contribution in [3.8, 4) is 5.75 Å². The number of sulfonamides is 1. The first-order valence-corrected chi connectivity index (χ1v) is 12.3. The summed E-state index contributed by atoms with van der Waals surface area (Å²) in [7, 11) is -2.57. The van der Waals surface area contributed by atoms with E-state index in [1.54, 1.807) is 65.1 Å². The van der Waals surface area contributed by atoms with Crippen LogP contribution in [0.2, 0.25) is 0 Å². The second-order valence-electron chi connectivity index (χ2n) is 8.55.